The summed E-state index contributed by atoms with van der Waals surface area (Å²) < 4.78 is 13.2. The molecule has 2 aliphatic rings. The number of aliphatic hydroxyl groups excluding tert-OH is 1. The average molecular weight is 202 g/mol. The maximum absolute atomic E-state index is 13.2. The molecule has 2 fully saturated rings. The molecule has 14 heavy (non-hydrogen) atoms. The quantitative estimate of drug-likeness (QED) is 0.669. The molecular formula is C10H19FN2O. The standard InChI is InChI=1S/C10H19FN2O/c11-8-5-10(7-14)13(6-8)9-1-3-12-4-2-9/h8-10,12,14H,1-7H2. The molecular weight excluding hydrogens is 183 g/mol. The van der Waals surface area contributed by atoms with Crippen LogP contribution in [0.2, 0.25) is 0 Å². The topological polar surface area (TPSA) is 35.5 Å². The Kier molecular flexibility index (Phi) is 3.36. The van der Waals surface area contributed by atoms with Crippen molar-refractivity contribution >= 4 is 0 Å². The van der Waals surface area contributed by atoms with Crippen molar-refractivity contribution in [2.75, 3.05) is 26.2 Å². The van der Waals surface area contributed by atoms with Crippen LogP contribution in [0.15, 0.2) is 0 Å². The van der Waals surface area contributed by atoms with Crippen molar-refractivity contribution in [3.05, 3.63) is 0 Å². The van der Waals surface area contributed by atoms with E-state index in [0.717, 1.165) is 25.9 Å². The summed E-state index contributed by atoms with van der Waals surface area (Å²) in [5.74, 6) is 0. The second-order valence-corrected chi connectivity index (χ2v) is 4.35. The van der Waals surface area contributed by atoms with Gasteiger partial charge in [-0.05, 0) is 32.4 Å². The molecule has 2 atom stereocenters. The van der Waals surface area contributed by atoms with Gasteiger partial charge in [-0.2, -0.15) is 0 Å². The molecule has 0 spiro atoms. The fraction of sp³-hybridized carbons (Fsp3) is 1.00. The summed E-state index contributed by atoms with van der Waals surface area (Å²) in [5, 5.41) is 12.5. The Morgan fingerprint density at radius 1 is 1.36 bits per heavy atom. The zero-order valence-corrected chi connectivity index (χ0v) is 8.45. The van der Waals surface area contributed by atoms with Gasteiger partial charge in [-0.15, -0.1) is 0 Å². The number of halogens is 1. The zero-order chi connectivity index (χ0) is 9.97. The Hall–Kier alpha value is -0.190. The average Bonchev–Trinajstić information content (AvgIpc) is 2.61. The second kappa shape index (κ2) is 4.55. The van der Waals surface area contributed by atoms with E-state index in [4.69, 9.17) is 5.11 Å². The van der Waals surface area contributed by atoms with Gasteiger partial charge in [0.2, 0.25) is 0 Å². The van der Waals surface area contributed by atoms with Crippen LogP contribution in [0, 0.1) is 0 Å². The summed E-state index contributed by atoms with van der Waals surface area (Å²) in [6, 6.07) is 0.544. The van der Waals surface area contributed by atoms with E-state index in [9.17, 15) is 4.39 Å². The minimum absolute atomic E-state index is 0.0631. The second-order valence-electron chi connectivity index (χ2n) is 4.35. The van der Waals surface area contributed by atoms with E-state index >= 15 is 0 Å². The lowest BCUT2D eigenvalue weighted by atomic mass is 10.0. The van der Waals surface area contributed by atoms with Crippen LogP contribution in [0.5, 0.6) is 0 Å². The number of nitrogens with one attached hydrogen (secondary N) is 1. The van der Waals surface area contributed by atoms with Gasteiger partial charge in [0.15, 0.2) is 0 Å². The van der Waals surface area contributed by atoms with Gasteiger partial charge >= 0.3 is 0 Å². The van der Waals surface area contributed by atoms with Gasteiger partial charge < -0.3 is 10.4 Å². The summed E-state index contributed by atoms with van der Waals surface area (Å²) in [6.07, 6.45) is 1.95. The van der Waals surface area contributed by atoms with Crippen LogP contribution in [0.1, 0.15) is 19.3 Å². The molecule has 2 aliphatic heterocycles. The largest absolute Gasteiger partial charge is 0.395 e. The summed E-state index contributed by atoms with van der Waals surface area (Å²) >= 11 is 0. The number of piperidine rings is 1. The molecule has 0 bridgehead atoms. The van der Waals surface area contributed by atoms with E-state index in [1.165, 1.54) is 0 Å². The minimum Gasteiger partial charge on any atom is -0.395 e. The van der Waals surface area contributed by atoms with Crippen LogP contribution in [-0.2, 0) is 0 Å². The zero-order valence-electron chi connectivity index (χ0n) is 8.45. The van der Waals surface area contributed by atoms with Gasteiger partial charge in [0, 0.05) is 18.6 Å². The summed E-state index contributed by atoms with van der Waals surface area (Å²) in [6.45, 7) is 2.67. The molecule has 2 saturated heterocycles. The van der Waals surface area contributed by atoms with Gasteiger partial charge in [0.05, 0.1) is 6.61 Å². The number of alkyl halides is 1. The Bertz CT molecular complexity index is 185. The highest BCUT2D eigenvalue weighted by atomic mass is 19.1. The van der Waals surface area contributed by atoms with E-state index in [1.807, 2.05) is 0 Å². The molecule has 4 heteroatoms. The molecule has 0 aromatic heterocycles. The lowest BCUT2D eigenvalue weighted by Gasteiger charge is -2.34. The highest BCUT2D eigenvalue weighted by molar-refractivity contribution is 4.90. The summed E-state index contributed by atoms with van der Waals surface area (Å²) in [4.78, 5) is 2.17. The molecule has 3 nitrogen and oxygen atoms in total. The number of aliphatic hydroxyl groups is 1. The van der Waals surface area contributed by atoms with Crippen molar-refractivity contribution in [1.82, 2.24) is 10.2 Å². The Morgan fingerprint density at radius 2 is 2.07 bits per heavy atom. The van der Waals surface area contributed by atoms with Crippen LogP contribution < -0.4 is 5.32 Å². The first-order chi connectivity index (χ1) is 6.81. The van der Waals surface area contributed by atoms with E-state index in [0.29, 0.717) is 19.0 Å². The highest BCUT2D eigenvalue weighted by Gasteiger charge is 2.36. The van der Waals surface area contributed by atoms with E-state index in [1.54, 1.807) is 0 Å². The molecule has 2 heterocycles. The van der Waals surface area contributed by atoms with Crippen LogP contribution in [0.25, 0.3) is 0 Å². The molecule has 0 saturated carbocycles. The first kappa shape index (κ1) is 10.3. The Morgan fingerprint density at radius 3 is 2.71 bits per heavy atom. The first-order valence-corrected chi connectivity index (χ1v) is 5.52. The fourth-order valence-electron chi connectivity index (χ4n) is 2.65. The molecule has 82 valence electrons. The predicted molar refractivity (Wildman–Crippen MR) is 53.0 cm³/mol. The van der Waals surface area contributed by atoms with Gasteiger partial charge in [-0.1, -0.05) is 0 Å². The third-order valence-electron chi connectivity index (χ3n) is 3.39. The van der Waals surface area contributed by atoms with Gasteiger partial charge in [-0.3, -0.25) is 4.90 Å². The third kappa shape index (κ3) is 2.07. The van der Waals surface area contributed by atoms with Crippen molar-refractivity contribution < 1.29 is 9.50 Å². The molecule has 0 amide bonds. The minimum atomic E-state index is -0.734. The van der Waals surface area contributed by atoms with Crippen molar-refractivity contribution in [2.45, 2.75) is 37.5 Å². The van der Waals surface area contributed by atoms with Gasteiger partial charge in [0.1, 0.15) is 6.17 Å². The summed E-state index contributed by atoms with van der Waals surface area (Å²) in [5.41, 5.74) is 0. The van der Waals surface area contributed by atoms with Crippen LogP contribution in [0.4, 0.5) is 4.39 Å². The van der Waals surface area contributed by atoms with E-state index < -0.39 is 6.17 Å². The van der Waals surface area contributed by atoms with Gasteiger partial charge in [0.25, 0.3) is 0 Å². The molecule has 2 rings (SSSR count). The molecule has 0 aromatic carbocycles. The lowest BCUT2D eigenvalue weighted by Crippen LogP contribution is -2.46. The van der Waals surface area contributed by atoms with Crippen LogP contribution in [-0.4, -0.2) is 54.5 Å². The highest BCUT2D eigenvalue weighted by Crippen LogP contribution is 2.25. The van der Waals surface area contributed by atoms with Crippen molar-refractivity contribution in [3.63, 3.8) is 0 Å². The van der Waals surface area contributed by atoms with Crippen molar-refractivity contribution in [2.24, 2.45) is 0 Å². The molecule has 2 N–H and O–H groups in total. The summed E-state index contributed by atoms with van der Waals surface area (Å²) in [7, 11) is 0. The number of nitrogens with zero attached hydrogens (tertiary/aromatic N) is 1. The Balaban J connectivity index is 1.94. The Labute approximate surface area is 84.3 Å². The fourth-order valence-corrected chi connectivity index (χ4v) is 2.65. The number of hydrogen-bond donors (Lipinski definition) is 2. The SMILES string of the molecule is OCC1CC(F)CN1C1CCNCC1. The number of rotatable bonds is 2. The van der Waals surface area contributed by atoms with E-state index in [-0.39, 0.29) is 12.6 Å². The monoisotopic (exact) mass is 202 g/mol. The number of hydrogen-bond acceptors (Lipinski definition) is 3. The maximum atomic E-state index is 13.2. The van der Waals surface area contributed by atoms with Crippen molar-refractivity contribution in [3.8, 4) is 0 Å². The predicted octanol–water partition coefficient (Wildman–Crippen LogP) is 0.143. The van der Waals surface area contributed by atoms with Crippen molar-refractivity contribution in [1.29, 1.82) is 0 Å². The van der Waals surface area contributed by atoms with Gasteiger partial charge in [-0.25, -0.2) is 4.39 Å². The third-order valence-corrected chi connectivity index (χ3v) is 3.39. The number of likely N-dealkylation sites (tertiary alicyclic amines) is 1. The molecule has 2 unspecified atom stereocenters. The smallest absolute Gasteiger partial charge is 0.114 e. The van der Waals surface area contributed by atoms with E-state index in [2.05, 4.69) is 10.2 Å². The lowest BCUT2D eigenvalue weighted by molar-refractivity contribution is 0.100. The normalized spacial score (nSPS) is 36.4. The van der Waals surface area contributed by atoms with Crippen LogP contribution in [0.3, 0.4) is 0 Å². The maximum Gasteiger partial charge on any atom is 0.114 e. The molecule has 0 aliphatic carbocycles. The molecule has 0 radical (unpaired) electrons. The molecule has 0 aromatic rings. The first-order valence-electron chi connectivity index (χ1n) is 5.52. The van der Waals surface area contributed by atoms with Crippen LogP contribution >= 0.6 is 0 Å².